The first kappa shape index (κ1) is 9.81. The Kier molecular flexibility index (Phi) is 2.17. The zero-order valence-electron chi connectivity index (χ0n) is 8.40. The van der Waals surface area contributed by atoms with Crippen LogP contribution in [0.5, 0.6) is 0 Å². The van der Waals surface area contributed by atoms with E-state index in [0.717, 1.165) is 5.92 Å². The molecule has 0 aromatic rings. The molecule has 6 atom stereocenters. The third kappa shape index (κ3) is 1.41. The van der Waals surface area contributed by atoms with Crippen LogP contribution in [-0.2, 0) is 0 Å². The van der Waals surface area contributed by atoms with Crippen molar-refractivity contribution in [2.24, 2.45) is 11.8 Å². The number of hydrogen-bond donors (Lipinski definition) is 2. The number of aliphatic hydroxyl groups is 2. The van der Waals surface area contributed by atoms with Crippen LogP contribution < -0.4 is 0 Å². The Bertz CT molecular complexity index is 217. The molecule has 1 saturated carbocycles. The van der Waals surface area contributed by atoms with E-state index >= 15 is 0 Å². The van der Waals surface area contributed by atoms with E-state index in [4.69, 9.17) is 0 Å². The number of hydrogen-bond acceptors (Lipinski definition) is 3. The molecule has 0 bridgehead atoms. The minimum Gasteiger partial charge on any atom is -0.389 e. The van der Waals surface area contributed by atoms with E-state index in [2.05, 4.69) is 6.92 Å². The highest BCUT2D eigenvalue weighted by Crippen LogP contribution is 2.54. The van der Waals surface area contributed by atoms with Crippen LogP contribution in [-0.4, -0.2) is 32.4 Å². The zero-order valence-corrected chi connectivity index (χ0v) is 9.21. The van der Waals surface area contributed by atoms with Gasteiger partial charge in [0.1, 0.15) is 5.60 Å². The molecular formula is C10H18O2S. The van der Waals surface area contributed by atoms with Crippen LogP contribution >= 0.6 is 11.8 Å². The van der Waals surface area contributed by atoms with Gasteiger partial charge in [-0.25, -0.2) is 0 Å². The predicted molar refractivity (Wildman–Crippen MR) is 54.7 cm³/mol. The molecule has 0 spiro atoms. The SMILES string of the molecule is CC1CC1C1SC(C)C(O)C1(C)O. The molecule has 1 aliphatic carbocycles. The number of thioether (sulfide) groups is 1. The van der Waals surface area contributed by atoms with Crippen molar-refractivity contribution in [3.8, 4) is 0 Å². The summed E-state index contributed by atoms with van der Waals surface area (Å²) in [4.78, 5) is 0. The molecule has 1 aliphatic heterocycles. The maximum atomic E-state index is 10.2. The van der Waals surface area contributed by atoms with Crippen LogP contribution in [0, 0.1) is 11.8 Å². The number of aliphatic hydroxyl groups excluding tert-OH is 1. The van der Waals surface area contributed by atoms with Crippen LogP contribution in [0.2, 0.25) is 0 Å². The summed E-state index contributed by atoms with van der Waals surface area (Å²) in [5.74, 6) is 1.36. The zero-order chi connectivity index (χ0) is 9.80. The van der Waals surface area contributed by atoms with Gasteiger partial charge in [-0.1, -0.05) is 13.8 Å². The topological polar surface area (TPSA) is 40.5 Å². The summed E-state index contributed by atoms with van der Waals surface area (Å²) in [6.45, 7) is 6.00. The van der Waals surface area contributed by atoms with E-state index in [-0.39, 0.29) is 10.5 Å². The molecule has 2 aliphatic rings. The lowest BCUT2D eigenvalue weighted by atomic mass is 9.90. The van der Waals surface area contributed by atoms with Gasteiger partial charge in [0.15, 0.2) is 0 Å². The summed E-state index contributed by atoms with van der Waals surface area (Å²) >= 11 is 1.75. The molecule has 6 unspecified atom stereocenters. The van der Waals surface area contributed by atoms with E-state index in [0.29, 0.717) is 5.92 Å². The maximum absolute atomic E-state index is 10.2. The van der Waals surface area contributed by atoms with Gasteiger partial charge in [0, 0.05) is 10.5 Å². The van der Waals surface area contributed by atoms with Crippen molar-refractivity contribution >= 4 is 11.8 Å². The summed E-state index contributed by atoms with van der Waals surface area (Å²) in [5.41, 5.74) is -0.875. The average molecular weight is 202 g/mol. The molecule has 0 aromatic carbocycles. The van der Waals surface area contributed by atoms with Gasteiger partial charge in [-0.05, 0) is 25.2 Å². The molecule has 1 saturated heterocycles. The van der Waals surface area contributed by atoms with E-state index in [1.807, 2.05) is 6.92 Å². The van der Waals surface area contributed by atoms with Crippen molar-refractivity contribution in [3.63, 3.8) is 0 Å². The Morgan fingerprint density at radius 1 is 1.38 bits per heavy atom. The highest BCUT2D eigenvalue weighted by atomic mass is 32.2. The van der Waals surface area contributed by atoms with Crippen molar-refractivity contribution < 1.29 is 10.2 Å². The number of rotatable bonds is 1. The predicted octanol–water partition coefficient (Wildman–Crippen LogP) is 1.26. The Labute approximate surface area is 83.7 Å². The highest BCUT2D eigenvalue weighted by Gasteiger charge is 2.57. The molecule has 2 rings (SSSR count). The van der Waals surface area contributed by atoms with E-state index in [1.54, 1.807) is 18.7 Å². The highest BCUT2D eigenvalue weighted by molar-refractivity contribution is 8.01. The van der Waals surface area contributed by atoms with Gasteiger partial charge in [-0.15, -0.1) is 11.8 Å². The Morgan fingerprint density at radius 2 is 1.92 bits per heavy atom. The van der Waals surface area contributed by atoms with E-state index in [1.165, 1.54) is 6.42 Å². The fourth-order valence-corrected chi connectivity index (χ4v) is 4.28. The molecule has 76 valence electrons. The van der Waals surface area contributed by atoms with Crippen molar-refractivity contribution in [2.45, 2.75) is 49.4 Å². The normalized spacial score (nSPS) is 61.2. The molecule has 2 N–H and O–H groups in total. The van der Waals surface area contributed by atoms with Crippen molar-refractivity contribution in [1.82, 2.24) is 0 Å². The fraction of sp³-hybridized carbons (Fsp3) is 1.00. The molecule has 0 amide bonds. The lowest BCUT2D eigenvalue weighted by Gasteiger charge is -2.28. The summed E-state index contributed by atoms with van der Waals surface area (Å²) in [6.07, 6.45) is 0.656. The summed E-state index contributed by atoms with van der Waals surface area (Å²) in [5, 5.41) is 20.4. The first-order valence-corrected chi connectivity index (χ1v) is 5.94. The van der Waals surface area contributed by atoms with E-state index < -0.39 is 11.7 Å². The summed E-state index contributed by atoms with van der Waals surface area (Å²) < 4.78 is 0. The lowest BCUT2D eigenvalue weighted by Crippen LogP contribution is -2.45. The van der Waals surface area contributed by atoms with Crippen LogP contribution in [0.15, 0.2) is 0 Å². The minimum absolute atomic E-state index is 0.174. The molecule has 13 heavy (non-hydrogen) atoms. The maximum Gasteiger partial charge on any atom is 0.101 e. The van der Waals surface area contributed by atoms with Gasteiger partial charge in [0.2, 0.25) is 0 Å². The van der Waals surface area contributed by atoms with Gasteiger partial charge in [0.25, 0.3) is 0 Å². The largest absolute Gasteiger partial charge is 0.389 e. The Morgan fingerprint density at radius 3 is 2.23 bits per heavy atom. The van der Waals surface area contributed by atoms with E-state index in [9.17, 15) is 10.2 Å². The van der Waals surface area contributed by atoms with Gasteiger partial charge in [-0.2, -0.15) is 0 Å². The molecule has 3 heteroatoms. The molecular weight excluding hydrogens is 184 g/mol. The van der Waals surface area contributed by atoms with Crippen molar-refractivity contribution in [2.75, 3.05) is 0 Å². The van der Waals surface area contributed by atoms with Gasteiger partial charge >= 0.3 is 0 Å². The minimum atomic E-state index is -0.875. The van der Waals surface area contributed by atoms with Gasteiger partial charge in [-0.3, -0.25) is 0 Å². The van der Waals surface area contributed by atoms with Crippen LogP contribution in [0.3, 0.4) is 0 Å². The van der Waals surface area contributed by atoms with Crippen LogP contribution in [0.4, 0.5) is 0 Å². The standard InChI is InChI=1S/C10H18O2S/c1-5-4-7(5)9-10(3,12)8(11)6(2)13-9/h5-9,11-12H,4H2,1-3H3. The molecule has 0 radical (unpaired) electrons. The average Bonchev–Trinajstić information content (AvgIpc) is 2.71. The van der Waals surface area contributed by atoms with Crippen LogP contribution in [0.1, 0.15) is 27.2 Å². The smallest absolute Gasteiger partial charge is 0.101 e. The molecule has 0 aromatic heterocycles. The molecule has 1 heterocycles. The second kappa shape index (κ2) is 2.88. The summed E-state index contributed by atoms with van der Waals surface area (Å²) in [7, 11) is 0. The van der Waals surface area contributed by atoms with Gasteiger partial charge < -0.3 is 10.2 Å². The molecule has 2 fully saturated rings. The monoisotopic (exact) mass is 202 g/mol. The Balaban J connectivity index is 2.12. The van der Waals surface area contributed by atoms with Crippen LogP contribution in [0.25, 0.3) is 0 Å². The third-order valence-corrected chi connectivity index (χ3v) is 5.35. The quantitative estimate of drug-likeness (QED) is 0.672. The second-order valence-electron chi connectivity index (χ2n) is 4.81. The van der Waals surface area contributed by atoms with Gasteiger partial charge in [0.05, 0.1) is 6.10 Å². The fourth-order valence-electron chi connectivity index (χ4n) is 2.39. The third-order valence-electron chi connectivity index (χ3n) is 3.54. The second-order valence-corrected chi connectivity index (χ2v) is 6.33. The first-order chi connectivity index (χ1) is 5.94. The lowest BCUT2D eigenvalue weighted by molar-refractivity contribution is -0.0543. The first-order valence-electron chi connectivity index (χ1n) is 5.00. The Hall–Kier alpha value is 0.270. The van der Waals surface area contributed by atoms with Crippen molar-refractivity contribution in [1.29, 1.82) is 0 Å². The summed E-state index contributed by atoms with van der Waals surface area (Å²) in [6, 6.07) is 0. The molecule has 2 nitrogen and oxygen atoms in total. The van der Waals surface area contributed by atoms with Crippen molar-refractivity contribution in [3.05, 3.63) is 0 Å².